The molecule has 1 aliphatic rings. The van der Waals surface area contributed by atoms with Gasteiger partial charge in [-0.25, -0.2) is 9.18 Å². The molecule has 1 amide bonds. The van der Waals surface area contributed by atoms with Crippen LogP contribution >= 0.6 is 0 Å². The quantitative estimate of drug-likeness (QED) is 0.848. The van der Waals surface area contributed by atoms with E-state index in [0.717, 1.165) is 0 Å². The number of carbonyl (C=O) groups is 2. The zero-order chi connectivity index (χ0) is 14.5. The zero-order valence-electron chi connectivity index (χ0n) is 10.8. The minimum atomic E-state index is -1.05. The minimum Gasteiger partial charge on any atom is -0.479 e. The minimum absolute atomic E-state index is 0.289. The molecule has 0 radical (unpaired) electrons. The van der Waals surface area contributed by atoms with E-state index < -0.39 is 18.2 Å². The van der Waals surface area contributed by atoms with Gasteiger partial charge in [-0.15, -0.1) is 0 Å². The molecule has 5 nitrogen and oxygen atoms in total. The Labute approximate surface area is 115 Å². The highest BCUT2D eigenvalue weighted by molar-refractivity contribution is 5.82. The second kappa shape index (κ2) is 6.47. The number of rotatable bonds is 5. The van der Waals surface area contributed by atoms with Crippen LogP contribution in [-0.2, 0) is 20.7 Å². The molecule has 2 N–H and O–H groups in total. The highest BCUT2D eigenvalue weighted by atomic mass is 19.1. The lowest BCUT2D eigenvalue weighted by molar-refractivity contribution is -0.151. The first-order chi connectivity index (χ1) is 9.58. The maximum atomic E-state index is 13.4. The molecule has 0 spiro atoms. The Hall–Kier alpha value is -1.95. The van der Waals surface area contributed by atoms with E-state index in [2.05, 4.69) is 5.32 Å². The lowest BCUT2D eigenvalue weighted by Gasteiger charge is -2.11. The van der Waals surface area contributed by atoms with Crippen LogP contribution in [0.4, 0.5) is 4.39 Å². The van der Waals surface area contributed by atoms with Crippen LogP contribution in [0, 0.1) is 5.82 Å². The van der Waals surface area contributed by atoms with Crippen molar-refractivity contribution in [3.05, 3.63) is 35.6 Å². The molecule has 1 heterocycles. The monoisotopic (exact) mass is 281 g/mol. The highest BCUT2D eigenvalue weighted by Gasteiger charge is 2.34. The van der Waals surface area contributed by atoms with Crippen LogP contribution in [0.2, 0.25) is 0 Å². The molecule has 108 valence electrons. The van der Waals surface area contributed by atoms with Crippen molar-refractivity contribution in [2.75, 3.05) is 6.54 Å². The predicted molar refractivity (Wildman–Crippen MR) is 68.6 cm³/mol. The van der Waals surface area contributed by atoms with Crippen molar-refractivity contribution < 1.29 is 23.8 Å². The number of carboxylic acids is 1. The van der Waals surface area contributed by atoms with Crippen LogP contribution in [0.1, 0.15) is 18.4 Å². The third-order valence-electron chi connectivity index (χ3n) is 3.24. The Kier molecular flexibility index (Phi) is 4.68. The number of halogens is 1. The Morgan fingerprint density at radius 2 is 2.00 bits per heavy atom. The van der Waals surface area contributed by atoms with E-state index in [4.69, 9.17) is 9.84 Å². The number of hydrogen-bond acceptors (Lipinski definition) is 3. The standard InChI is InChI=1S/C14H16FNO4/c15-10-4-2-1-3-9(10)7-8-16-13(17)11-5-6-12(20-11)14(18)19/h1-4,11-12H,5-8H2,(H,16,17)(H,18,19). The zero-order valence-corrected chi connectivity index (χ0v) is 10.8. The molecule has 1 aliphatic heterocycles. The van der Waals surface area contributed by atoms with Crippen LogP contribution in [-0.4, -0.2) is 35.7 Å². The molecule has 0 aliphatic carbocycles. The van der Waals surface area contributed by atoms with Crippen LogP contribution in [0.15, 0.2) is 24.3 Å². The first kappa shape index (κ1) is 14.5. The summed E-state index contributed by atoms with van der Waals surface area (Å²) in [5.74, 6) is -1.69. The summed E-state index contributed by atoms with van der Waals surface area (Å²) in [6.07, 6.45) is -0.523. The van der Waals surface area contributed by atoms with E-state index in [1.165, 1.54) is 6.07 Å². The van der Waals surface area contributed by atoms with E-state index in [0.29, 0.717) is 24.8 Å². The van der Waals surface area contributed by atoms with Crippen LogP contribution in [0.3, 0.4) is 0 Å². The van der Waals surface area contributed by atoms with Crippen molar-refractivity contribution in [2.24, 2.45) is 0 Å². The fraction of sp³-hybridized carbons (Fsp3) is 0.429. The molecule has 2 rings (SSSR count). The summed E-state index contributed by atoms with van der Waals surface area (Å²) in [4.78, 5) is 22.5. The second-order valence-corrected chi connectivity index (χ2v) is 4.66. The number of hydrogen-bond donors (Lipinski definition) is 2. The van der Waals surface area contributed by atoms with Crippen molar-refractivity contribution >= 4 is 11.9 Å². The van der Waals surface area contributed by atoms with Crippen LogP contribution in [0.25, 0.3) is 0 Å². The van der Waals surface area contributed by atoms with Crippen molar-refractivity contribution in [1.29, 1.82) is 0 Å². The predicted octanol–water partition coefficient (Wildman–Crippen LogP) is 1.12. The van der Waals surface area contributed by atoms with E-state index in [9.17, 15) is 14.0 Å². The summed E-state index contributed by atoms with van der Waals surface area (Å²) in [7, 11) is 0. The number of amides is 1. The molecule has 1 saturated heterocycles. The van der Waals surface area contributed by atoms with Crippen molar-refractivity contribution in [3.8, 4) is 0 Å². The average molecular weight is 281 g/mol. The van der Waals surface area contributed by atoms with Crippen LogP contribution in [0.5, 0.6) is 0 Å². The number of carbonyl (C=O) groups excluding carboxylic acids is 1. The summed E-state index contributed by atoms with van der Waals surface area (Å²) in [6, 6.07) is 6.37. The molecule has 2 unspecified atom stereocenters. The fourth-order valence-corrected chi connectivity index (χ4v) is 2.15. The van der Waals surface area contributed by atoms with Crippen molar-refractivity contribution in [3.63, 3.8) is 0 Å². The Morgan fingerprint density at radius 3 is 2.65 bits per heavy atom. The van der Waals surface area contributed by atoms with Gasteiger partial charge in [-0.05, 0) is 30.9 Å². The summed E-state index contributed by atoms with van der Waals surface area (Å²) in [5.41, 5.74) is 0.531. The summed E-state index contributed by atoms with van der Waals surface area (Å²) in [6.45, 7) is 0.289. The van der Waals surface area contributed by atoms with E-state index in [1.807, 2.05) is 0 Å². The molecule has 1 aromatic carbocycles. The SMILES string of the molecule is O=C(O)C1CCC(C(=O)NCCc2ccccc2F)O1. The van der Waals surface area contributed by atoms with Crippen molar-refractivity contribution in [2.45, 2.75) is 31.5 Å². The first-order valence-electron chi connectivity index (χ1n) is 6.47. The molecule has 0 saturated carbocycles. The number of ether oxygens (including phenoxy) is 1. The maximum absolute atomic E-state index is 13.4. The molecule has 1 aromatic rings. The smallest absolute Gasteiger partial charge is 0.332 e. The molecular weight excluding hydrogens is 265 g/mol. The molecule has 6 heteroatoms. The number of aliphatic carboxylic acids is 1. The van der Waals surface area contributed by atoms with Crippen molar-refractivity contribution in [1.82, 2.24) is 5.32 Å². The van der Waals surface area contributed by atoms with Gasteiger partial charge in [0, 0.05) is 6.54 Å². The number of carboxylic acid groups (broad SMARTS) is 1. The van der Waals surface area contributed by atoms with Gasteiger partial charge in [0.15, 0.2) is 6.10 Å². The Balaban J connectivity index is 1.76. The lowest BCUT2D eigenvalue weighted by Crippen LogP contribution is -2.36. The summed E-state index contributed by atoms with van der Waals surface area (Å²) in [5, 5.41) is 11.4. The summed E-state index contributed by atoms with van der Waals surface area (Å²) < 4.78 is 18.5. The van der Waals surface area contributed by atoms with Gasteiger partial charge in [0.25, 0.3) is 0 Å². The summed E-state index contributed by atoms with van der Waals surface area (Å²) >= 11 is 0. The molecule has 0 aromatic heterocycles. The fourth-order valence-electron chi connectivity index (χ4n) is 2.15. The maximum Gasteiger partial charge on any atom is 0.332 e. The Bertz CT molecular complexity index is 506. The van der Waals surface area contributed by atoms with Gasteiger partial charge >= 0.3 is 5.97 Å². The molecule has 0 bridgehead atoms. The third-order valence-corrected chi connectivity index (χ3v) is 3.24. The molecule has 20 heavy (non-hydrogen) atoms. The van der Waals surface area contributed by atoms with Gasteiger partial charge in [0.05, 0.1) is 0 Å². The van der Waals surface area contributed by atoms with Crippen LogP contribution < -0.4 is 5.32 Å². The normalized spacial score (nSPS) is 21.6. The molecule has 2 atom stereocenters. The molecule has 1 fully saturated rings. The van der Waals surface area contributed by atoms with E-state index in [1.54, 1.807) is 18.2 Å². The average Bonchev–Trinajstić information content (AvgIpc) is 2.91. The second-order valence-electron chi connectivity index (χ2n) is 4.66. The number of nitrogens with one attached hydrogen (secondary N) is 1. The van der Waals surface area contributed by atoms with Gasteiger partial charge in [-0.1, -0.05) is 18.2 Å². The van der Waals surface area contributed by atoms with Gasteiger partial charge in [0.2, 0.25) is 5.91 Å². The van der Waals surface area contributed by atoms with Gasteiger partial charge < -0.3 is 15.2 Å². The van der Waals surface area contributed by atoms with E-state index >= 15 is 0 Å². The largest absolute Gasteiger partial charge is 0.479 e. The lowest BCUT2D eigenvalue weighted by atomic mass is 10.1. The topological polar surface area (TPSA) is 75.6 Å². The highest BCUT2D eigenvalue weighted by Crippen LogP contribution is 2.19. The van der Waals surface area contributed by atoms with Gasteiger partial charge in [-0.3, -0.25) is 4.79 Å². The van der Waals surface area contributed by atoms with Gasteiger partial charge in [-0.2, -0.15) is 0 Å². The van der Waals surface area contributed by atoms with E-state index in [-0.39, 0.29) is 18.3 Å². The van der Waals surface area contributed by atoms with Gasteiger partial charge in [0.1, 0.15) is 11.9 Å². The third kappa shape index (κ3) is 3.54. The molecular formula is C14H16FNO4. The first-order valence-corrected chi connectivity index (χ1v) is 6.47. The Morgan fingerprint density at radius 1 is 1.30 bits per heavy atom. The number of benzene rings is 1.